The van der Waals surface area contributed by atoms with Crippen LogP contribution in [0.3, 0.4) is 0 Å². The Kier molecular flexibility index (Phi) is 4.41. The molecule has 0 amide bonds. The molecule has 0 unspecified atom stereocenters. The third-order valence-electron chi connectivity index (χ3n) is 3.71. The van der Waals surface area contributed by atoms with Gasteiger partial charge in [-0.3, -0.25) is 0 Å². The molecular formula is C16H19N3OS. The summed E-state index contributed by atoms with van der Waals surface area (Å²) in [6.45, 7) is 0.540. The summed E-state index contributed by atoms with van der Waals surface area (Å²) < 4.78 is 0. The molecular weight excluding hydrogens is 282 g/mol. The van der Waals surface area contributed by atoms with Gasteiger partial charge in [0, 0.05) is 18.3 Å². The van der Waals surface area contributed by atoms with Crippen molar-refractivity contribution in [3.05, 3.63) is 42.6 Å². The van der Waals surface area contributed by atoms with Gasteiger partial charge in [-0.25, -0.2) is 9.97 Å². The van der Waals surface area contributed by atoms with Crippen LogP contribution in [-0.4, -0.2) is 38.7 Å². The van der Waals surface area contributed by atoms with Crippen molar-refractivity contribution in [2.24, 2.45) is 0 Å². The van der Waals surface area contributed by atoms with E-state index in [2.05, 4.69) is 15.3 Å². The van der Waals surface area contributed by atoms with E-state index >= 15 is 0 Å². The van der Waals surface area contributed by atoms with E-state index in [0.717, 1.165) is 35.7 Å². The quantitative estimate of drug-likeness (QED) is 0.909. The number of aromatic nitrogens is 2. The fourth-order valence-corrected chi connectivity index (χ4v) is 3.62. The van der Waals surface area contributed by atoms with Crippen LogP contribution >= 0.6 is 11.8 Å². The summed E-state index contributed by atoms with van der Waals surface area (Å²) in [4.78, 5) is 8.82. The van der Waals surface area contributed by atoms with Crippen LogP contribution in [0, 0.1) is 0 Å². The van der Waals surface area contributed by atoms with Crippen LogP contribution in [0.5, 0.6) is 0 Å². The first-order valence-electron chi connectivity index (χ1n) is 7.18. The predicted molar refractivity (Wildman–Crippen MR) is 87.5 cm³/mol. The second-order valence-corrected chi connectivity index (χ2v) is 6.55. The summed E-state index contributed by atoms with van der Waals surface area (Å²) >= 11 is 1.91. The molecule has 3 rings (SSSR count). The van der Waals surface area contributed by atoms with Gasteiger partial charge in [0.2, 0.25) is 0 Å². The molecule has 2 heterocycles. The number of nitrogens with one attached hydrogen (secondary N) is 1. The average Bonchev–Trinajstić information content (AvgIpc) is 2.55. The minimum Gasteiger partial charge on any atom is -0.388 e. The van der Waals surface area contributed by atoms with Gasteiger partial charge in [0.15, 0.2) is 5.82 Å². The third-order valence-corrected chi connectivity index (χ3v) is 4.70. The molecule has 1 fully saturated rings. The molecule has 0 atom stereocenters. The SMILES string of the molecule is OC1(CNc2ccnc(-c3ccccc3)n2)CCSCC1. The summed E-state index contributed by atoms with van der Waals surface area (Å²) in [7, 11) is 0. The zero-order chi connectivity index (χ0) is 14.5. The van der Waals surface area contributed by atoms with Gasteiger partial charge in [0.05, 0.1) is 5.60 Å². The Bertz CT molecular complexity index is 585. The highest BCUT2D eigenvalue weighted by Gasteiger charge is 2.29. The molecule has 5 heteroatoms. The molecule has 0 bridgehead atoms. The molecule has 1 aliphatic heterocycles. The fourth-order valence-electron chi connectivity index (χ4n) is 2.37. The zero-order valence-electron chi connectivity index (χ0n) is 11.8. The number of anilines is 1. The molecule has 1 aliphatic rings. The van der Waals surface area contributed by atoms with E-state index < -0.39 is 5.60 Å². The summed E-state index contributed by atoms with van der Waals surface area (Å²) in [5, 5.41) is 13.8. The number of thioether (sulfide) groups is 1. The minimum atomic E-state index is -0.608. The van der Waals surface area contributed by atoms with Gasteiger partial charge in [-0.15, -0.1) is 0 Å². The van der Waals surface area contributed by atoms with Crippen LogP contribution in [0.15, 0.2) is 42.6 Å². The Labute approximate surface area is 129 Å². The van der Waals surface area contributed by atoms with Gasteiger partial charge in [-0.1, -0.05) is 30.3 Å². The molecule has 21 heavy (non-hydrogen) atoms. The van der Waals surface area contributed by atoms with Crippen molar-refractivity contribution in [3.8, 4) is 11.4 Å². The van der Waals surface area contributed by atoms with Crippen LogP contribution in [0.2, 0.25) is 0 Å². The van der Waals surface area contributed by atoms with Crippen molar-refractivity contribution >= 4 is 17.6 Å². The van der Waals surface area contributed by atoms with Gasteiger partial charge in [0.25, 0.3) is 0 Å². The maximum Gasteiger partial charge on any atom is 0.161 e. The van der Waals surface area contributed by atoms with Crippen molar-refractivity contribution < 1.29 is 5.11 Å². The average molecular weight is 301 g/mol. The summed E-state index contributed by atoms with van der Waals surface area (Å²) in [5.41, 5.74) is 0.386. The molecule has 0 spiro atoms. The second-order valence-electron chi connectivity index (χ2n) is 5.32. The lowest BCUT2D eigenvalue weighted by Gasteiger charge is -2.32. The van der Waals surface area contributed by atoms with Gasteiger partial charge < -0.3 is 10.4 Å². The van der Waals surface area contributed by atoms with Crippen LogP contribution < -0.4 is 5.32 Å². The summed E-state index contributed by atoms with van der Waals surface area (Å²) in [5.74, 6) is 3.51. The highest BCUT2D eigenvalue weighted by Crippen LogP contribution is 2.27. The Balaban J connectivity index is 1.69. The van der Waals surface area contributed by atoms with Crippen LogP contribution in [0.25, 0.3) is 11.4 Å². The number of hydrogen-bond acceptors (Lipinski definition) is 5. The maximum absolute atomic E-state index is 10.5. The summed E-state index contributed by atoms with van der Waals surface area (Å²) in [6, 6.07) is 11.7. The van der Waals surface area contributed by atoms with Crippen molar-refractivity contribution in [1.29, 1.82) is 0 Å². The second kappa shape index (κ2) is 6.45. The van der Waals surface area contributed by atoms with Crippen molar-refractivity contribution in [2.75, 3.05) is 23.4 Å². The van der Waals surface area contributed by atoms with E-state index in [9.17, 15) is 5.11 Å². The maximum atomic E-state index is 10.5. The van der Waals surface area contributed by atoms with Gasteiger partial charge in [0.1, 0.15) is 5.82 Å². The zero-order valence-corrected chi connectivity index (χ0v) is 12.6. The third kappa shape index (κ3) is 3.74. The monoisotopic (exact) mass is 301 g/mol. The predicted octanol–water partition coefficient (Wildman–Crippen LogP) is 2.81. The van der Waals surface area contributed by atoms with Crippen molar-refractivity contribution in [1.82, 2.24) is 9.97 Å². The number of rotatable bonds is 4. The van der Waals surface area contributed by atoms with E-state index in [0.29, 0.717) is 12.4 Å². The molecule has 0 saturated carbocycles. The lowest BCUT2D eigenvalue weighted by Crippen LogP contribution is -2.40. The van der Waals surface area contributed by atoms with E-state index in [4.69, 9.17) is 0 Å². The minimum absolute atomic E-state index is 0.540. The van der Waals surface area contributed by atoms with Crippen molar-refractivity contribution in [2.45, 2.75) is 18.4 Å². The van der Waals surface area contributed by atoms with E-state index in [-0.39, 0.29) is 0 Å². The Hall–Kier alpha value is -1.59. The lowest BCUT2D eigenvalue weighted by atomic mass is 9.97. The van der Waals surface area contributed by atoms with E-state index in [1.807, 2.05) is 48.2 Å². The molecule has 0 aliphatic carbocycles. The van der Waals surface area contributed by atoms with Gasteiger partial charge in [-0.2, -0.15) is 11.8 Å². The molecule has 2 N–H and O–H groups in total. The Morgan fingerprint density at radius 3 is 2.67 bits per heavy atom. The number of aliphatic hydroxyl groups is 1. The lowest BCUT2D eigenvalue weighted by molar-refractivity contribution is 0.0453. The Morgan fingerprint density at radius 1 is 1.14 bits per heavy atom. The number of hydrogen-bond donors (Lipinski definition) is 2. The highest BCUT2D eigenvalue weighted by atomic mass is 32.2. The molecule has 0 radical (unpaired) electrons. The first-order chi connectivity index (χ1) is 10.3. The van der Waals surface area contributed by atoms with E-state index in [1.165, 1.54) is 0 Å². The normalized spacial score (nSPS) is 17.4. The van der Waals surface area contributed by atoms with Crippen molar-refractivity contribution in [3.63, 3.8) is 0 Å². The fraction of sp³-hybridized carbons (Fsp3) is 0.375. The number of nitrogens with zero attached hydrogens (tertiary/aromatic N) is 2. The van der Waals surface area contributed by atoms with E-state index in [1.54, 1.807) is 6.20 Å². The first kappa shape index (κ1) is 14.4. The first-order valence-corrected chi connectivity index (χ1v) is 8.33. The van der Waals surface area contributed by atoms with Crippen LogP contribution in [0.1, 0.15) is 12.8 Å². The van der Waals surface area contributed by atoms with Crippen LogP contribution in [-0.2, 0) is 0 Å². The molecule has 1 aromatic heterocycles. The molecule has 4 nitrogen and oxygen atoms in total. The molecule has 1 saturated heterocycles. The topological polar surface area (TPSA) is 58.0 Å². The highest BCUT2D eigenvalue weighted by molar-refractivity contribution is 7.99. The molecule has 2 aromatic rings. The van der Waals surface area contributed by atoms with Gasteiger partial charge in [-0.05, 0) is 30.4 Å². The largest absolute Gasteiger partial charge is 0.388 e. The Morgan fingerprint density at radius 2 is 1.90 bits per heavy atom. The molecule has 1 aromatic carbocycles. The molecule has 110 valence electrons. The smallest absolute Gasteiger partial charge is 0.161 e. The summed E-state index contributed by atoms with van der Waals surface area (Å²) in [6.07, 6.45) is 3.42. The van der Waals surface area contributed by atoms with Gasteiger partial charge >= 0.3 is 0 Å². The standard InChI is InChI=1S/C16H19N3OS/c20-16(7-10-21-11-8-16)12-18-14-6-9-17-15(19-14)13-4-2-1-3-5-13/h1-6,9,20H,7-8,10-12H2,(H,17,18,19). The van der Waals surface area contributed by atoms with Crippen LogP contribution in [0.4, 0.5) is 5.82 Å². The number of benzene rings is 1.